The van der Waals surface area contributed by atoms with Gasteiger partial charge in [0.15, 0.2) is 0 Å². The maximum Gasteiger partial charge on any atom is 0.276 e. The Hall–Kier alpha value is -2.69. The fraction of sp³-hybridized carbons (Fsp3) is 0.278. The van der Waals surface area contributed by atoms with Gasteiger partial charge < -0.3 is 4.98 Å². The van der Waals surface area contributed by atoms with Crippen LogP contribution in [0, 0.1) is 0 Å². The van der Waals surface area contributed by atoms with Gasteiger partial charge in [0.25, 0.3) is 5.91 Å². The molecule has 2 N–H and O–H groups in total. The van der Waals surface area contributed by atoms with Gasteiger partial charge in [0.1, 0.15) is 5.69 Å². The Kier molecular flexibility index (Phi) is 4.66. The molecule has 3 aromatic rings. The number of aryl methyl sites for hydroxylation is 1. The Bertz CT molecular complexity index is 759. The third-order valence-corrected chi connectivity index (χ3v) is 3.75. The van der Waals surface area contributed by atoms with Crippen LogP contribution in [0.5, 0.6) is 0 Å². The Morgan fingerprint density at radius 3 is 2.78 bits per heavy atom. The second-order valence-corrected chi connectivity index (χ2v) is 5.57. The number of anilines is 1. The van der Waals surface area contributed by atoms with E-state index in [0.29, 0.717) is 11.6 Å². The first-order valence-electron chi connectivity index (χ1n) is 7.97. The molecule has 0 atom stereocenters. The van der Waals surface area contributed by atoms with Crippen LogP contribution in [0.3, 0.4) is 0 Å². The minimum atomic E-state index is -0.260. The summed E-state index contributed by atoms with van der Waals surface area (Å²) in [6, 6.07) is 11.4. The van der Waals surface area contributed by atoms with Crippen LogP contribution in [-0.2, 0) is 6.42 Å². The molecule has 5 nitrogen and oxygen atoms in total. The van der Waals surface area contributed by atoms with Crippen molar-refractivity contribution >= 4 is 22.9 Å². The fourth-order valence-corrected chi connectivity index (χ4v) is 2.47. The molecule has 2 heterocycles. The largest absolute Gasteiger partial charge is 0.324 e. The van der Waals surface area contributed by atoms with Crippen molar-refractivity contribution in [2.45, 2.75) is 32.6 Å². The van der Waals surface area contributed by atoms with Crippen LogP contribution in [-0.4, -0.2) is 20.9 Å². The van der Waals surface area contributed by atoms with E-state index in [-0.39, 0.29) is 5.91 Å². The van der Waals surface area contributed by atoms with Gasteiger partial charge in [0.2, 0.25) is 5.95 Å². The molecular weight excluding hydrogens is 288 g/mol. The van der Waals surface area contributed by atoms with Crippen molar-refractivity contribution in [1.29, 1.82) is 0 Å². The van der Waals surface area contributed by atoms with Crippen molar-refractivity contribution in [3.8, 4) is 0 Å². The standard InChI is InChI=1S/C18H20N4O/c1-2-3-4-7-13-10-11-16(19-12-13)17(23)22-18-20-14-8-5-6-9-15(14)21-18/h5-6,8-12H,2-4,7H2,1H3,(H2,20,21,22,23). The van der Waals surface area contributed by atoms with Crippen LogP contribution in [0.25, 0.3) is 11.0 Å². The van der Waals surface area contributed by atoms with Gasteiger partial charge in [0, 0.05) is 6.20 Å². The van der Waals surface area contributed by atoms with Crippen LogP contribution in [0.2, 0.25) is 0 Å². The van der Waals surface area contributed by atoms with Crippen LogP contribution >= 0.6 is 0 Å². The molecule has 0 aliphatic rings. The number of nitrogens with zero attached hydrogens (tertiary/aromatic N) is 2. The molecule has 1 amide bonds. The number of aromatic nitrogens is 3. The number of H-pyrrole nitrogens is 1. The minimum Gasteiger partial charge on any atom is -0.324 e. The number of aromatic amines is 1. The number of hydrogen-bond donors (Lipinski definition) is 2. The fourth-order valence-electron chi connectivity index (χ4n) is 2.47. The van der Waals surface area contributed by atoms with Gasteiger partial charge in [-0.05, 0) is 36.6 Å². The SMILES string of the molecule is CCCCCc1ccc(C(=O)Nc2nc3ccccc3[nH]2)nc1. The monoisotopic (exact) mass is 308 g/mol. The van der Waals surface area contributed by atoms with Gasteiger partial charge in [0.05, 0.1) is 11.0 Å². The Morgan fingerprint density at radius 1 is 1.17 bits per heavy atom. The summed E-state index contributed by atoms with van der Waals surface area (Å²) in [6.07, 6.45) is 6.36. The third kappa shape index (κ3) is 3.74. The van der Waals surface area contributed by atoms with E-state index >= 15 is 0 Å². The van der Waals surface area contributed by atoms with Crippen LogP contribution in [0.4, 0.5) is 5.95 Å². The number of benzene rings is 1. The molecule has 118 valence electrons. The summed E-state index contributed by atoms with van der Waals surface area (Å²) in [4.78, 5) is 23.9. The molecule has 23 heavy (non-hydrogen) atoms. The number of carbonyl (C=O) groups is 1. The maximum atomic E-state index is 12.2. The molecule has 2 aromatic heterocycles. The number of imidazole rings is 1. The molecule has 0 aliphatic heterocycles. The van der Waals surface area contributed by atoms with E-state index in [1.165, 1.54) is 18.4 Å². The first kappa shape index (κ1) is 15.2. The molecule has 3 rings (SSSR count). The van der Waals surface area contributed by atoms with Crippen molar-refractivity contribution < 1.29 is 4.79 Å². The van der Waals surface area contributed by atoms with Crippen molar-refractivity contribution in [3.05, 3.63) is 53.9 Å². The van der Waals surface area contributed by atoms with Crippen molar-refractivity contribution in [1.82, 2.24) is 15.0 Å². The zero-order valence-corrected chi connectivity index (χ0v) is 13.2. The smallest absolute Gasteiger partial charge is 0.276 e. The zero-order chi connectivity index (χ0) is 16.1. The molecular formula is C18H20N4O. The molecule has 0 saturated heterocycles. The highest BCUT2D eigenvalue weighted by Crippen LogP contribution is 2.14. The zero-order valence-electron chi connectivity index (χ0n) is 13.2. The molecule has 0 saturated carbocycles. The van der Waals surface area contributed by atoms with E-state index in [4.69, 9.17) is 0 Å². The average Bonchev–Trinajstić information content (AvgIpc) is 2.98. The van der Waals surface area contributed by atoms with E-state index in [0.717, 1.165) is 23.9 Å². The van der Waals surface area contributed by atoms with E-state index < -0.39 is 0 Å². The van der Waals surface area contributed by atoms with E-state index in [1.807, 2.05) is 30.3 Å². The summed E-state index contributed by atoms with van der Waals surface area (Å²) in [5.41, 5.74) is 3.27. The number of unbranched alkanes of at least 4 members (excludes halogenated alkanes) is 2. The topological polar surface area (TPSA) is 70.7 Å². The maximum absolute atomic E-state index is 12.2. The lowest BCUT2D eigenvalue weighted by molar-refractivity contribution is 0.102. The lowest BCUT2D eigenvalue weighted by Crippen LogP contribution is -2.14. The molecule has 0 bridgehead atoms. The molecule has 0 fully saturated rings. The number of para-hydroxylation sites is 2. The quantitative estimate of drug-likeness (QED) is 0.677. The van der Waals surface area contributed by atoms with Gasteiger partial charge in [-0.2, -0.15) is 0 Å². The highest BCUT2D eigenvalue weighted by molar-refractivity contribution is 6.02. The van der Waals surface area contributed by atoms with Gasteiger partial charge in [-0.3, -0.25) is 15.1 Å². The second-order valence-electron chi connectivity index (χ2n) is 5.57. The van der Waals surface area contributed by atoms with Gasteiger partial charge in [-0.1, -0.05) is 38.0 Å². The highest BCUT2D eigenvalue weighted by atomic mass is 16.2. The average molecular weight is 308 g/mol. The molecule has 0 aliphatic carbocycles. The van der Waals surface area contributed by atoms with Gasteiger partial charge >= 0.3 is 0 Å². The third-order valence-electron chi connectivity index (χ3n) is 3.75. The van der Waals surface area contributed by atoms with Crippen molar-refractivity contribution in [2.24, 2.45) is 0 Å². The first-order chi connectivity index (χ1) is 11.3. The Balaban J connectivity index is 1.65. The number of rotatable bonds is 6. The molecule has 1 aromatic carbocycles. The number of hydrogen-bond acceptors (Lipinski definition) is 3. The number of nitrogens with one attached hydrogen (secondary N) is 2. The normalized spacial score (nSPS) is 10.8. The predicted molar refractivity (Wildman–Crippen MR) is 91.5 cm³/mol. The number of pyridine rings is 1. The van der Waals surface area contributed by atoms with E-state index in [2.05, 4.69) is 27.2 Å². The van der Waals surface area contributed by atoms with E-state index in [1.54, 1.807) is 12.3 Å². The number of fused-ring (bicyclic) bond motifs is 1. The summed E-state index contributed by atoms with van der Waals surface area (Å²) >= 11 is 0. The summed E-state index contributed by atoms with van der Waals surface area (Å²) < 4.78 is 0. The predicted octanol–water partition coefficient (Wildman–Crippen LogP) is 3.94. The Labute approximate surface area is 135 Å². The summed E-state index contributed by atoms with van der Waals surface area (Å²) in [5.74, 6) is 0.175. The number of amides is 1. The van der Waals surface area contributed by atoms with Gasteiger partial charge in [-0.25, -0.2) is 4.98 Å². The number of carbonyl (C=O) groups excluding carboxylic acids is 1. The molecule has 0 unspecified atom stereocenters. The van der Waals surface area contributed by atoms with Crippen LogP contribution in [0.15, 0.2) is 42.6 Å². The summed E-state index contributed by atoms with van der Waals surface area (Å²) in [6.45, 7) is 2.18. The lowest BCUT2D eigenvalue weighted by Gasteiger charge is -2.03. The summed E-state index contributed by atoms with van der Waals surface area (Å²) in [7, 11) is 0. The van der Waals surface area contributed by atoms with Crippen molar-refractivity contribution in [2.75, 3.05) is 5.32 Å². The Morgan fingerprint density at radius 2 is 2.04 bits per heavy atom. The highest BCUT2D eigenvalue weighted by Gasteiger charge is 2.10. The molecule has 0 radical (unpaired) electrons. The van der Waals surface area contributed by atoms with Crippen molar-refractivity contribution in [3.63, 3.8) is 0 Å². The molecule has 0 spiro atoms. The van der Waals surface area contributed by atoms with Crippen LogP contribution < -0.4 is 5.32 Å². The summed E-state index contributed by atoms with van der Waals surface area (Å²) in [5, 5.41) is 2.75. The lowest BCUT2D eigenvalue weighted by atomic mass is 10.1. The second kappa shape index (κ2) is 7.05. The van der Waals surface area contributed by atoms with Crippen LogP contribution in [0.1, 0.15) is 42.2 Å². The van der Waals surface area contributed by atoms with E-state index in [9.17, 15) is 4.79 Å². The molecule has 5 heteroatoms. The first-order valence-corrected chi connectivity index (χ1v) is 7.97. The minimum absolute atomic E-state index is 0.260. The van der Waals surface area contributed by atoms with Gasteiger partial charge in [-0.15, -0.1) is 0 Å².